The first-order chi connectivity index (χ1) is 8.09. The van der Waals surface area contributed by atoms with Crippen LogP contribution in [0.25, 0.3) is 0 Å². The lowest BCUT2D eigenvalue weighted by molar-refractivity contribution is -0.140. The molecule has 1 aliphatic heterocycles. The minimum atomic E-state index is -1.04. The predicted molar refractivity (Wildman–Crippen MR) is 59.1 cm³/mol. The maximum Gasteiger partial charge on any atom is 0.327 e. The first kappa shape index (κ1) is 11.8. The quantitative estimate of drug-likeness (QED) is 0.793. The van der Waals surface area contributed by atoms with Gasteiger partial charge in [0.15, 0.2) is 0 Å². The second-order valence-electron chi connectivity index (χ2n) is 3.50. The number of hydrogen-bond donors (Lipinski definition) is 1. The zero-order valence-corrected chi connectivity index (χ0v) is 9.48. The molecule has 1 unspecified atom stereocenters. The molecule has 0 saturated carbocycles. The molecule has 0 bridgehead atoms. The summed E-state index contributed by atoms with van der Waals surface area (Å²) in [4.78, 5) is 27.5. The van der Waals surface area contributed by atoms with E-state index in [1.165, 1.54) is 28.9 Å². The van der Waals surface area contributed by atoms with Gasteiger partial charge in [-0.15, -0.1) is 11.8 Å². The maximum atomic E-state index is 12.9. The van der Waals surface area contributed by atoms with E-state index < -0.39 is 23.9 Å². The largest absolute Gasteiger partial charge is 0.480 e. The van der Waals surface area contributed by atoms with Crippen molar-refractivity contribution in [2.75, 3.05) is 11.6 Å². The summed E-state index contributed by atoms with van der Waals surface area (Å²) in [6.07, 6.45) is 1.18. The number of carboxylic acids is 1. The van der Waals surface area contributed by atoms with Crippen molar-refractivity contribution in [2.45, 2.75) is 6.04 Å². The van der Waals surface area contributed by atoms with Crippen LogP contribution in [0.5, 0.6) is 0 Å². The van der Waals surface area contributed by atoms with Crippen molar-refractivity contribution in [1.29, 1.82) is 0 Å². The molecule has 1 fully saturated rings. The van der Waals surface area contributed by atoms with Gasteiger partial charge in [0.05, 0.1) is 5.88 Å². The predicted octanol–water partition coefficient (Wildman–Crippen LogP) is 0.820. The summed E-state index contributed by atoms with van der Waals surface area (Å²) in [5.41, 5.74) is 0.117. The van der Waals surface area contributed by atoms with E-state index in [2.05, 4.69) is 4.98 Å². The minimum absolute atomic E-state index is 0.117. The first-order valence-electron chi connectivity index (χ1n) is 4.82. The molecule has 1 aromatic heterocycles. The summed E-state index contributed by atoms with van der Waals surface area (Å²) < 4.78 is 12.9. The summed E-state index contributed by atoms with van der Waals surface area (Å²) >= 11 is 1.36. The molecule has 1 saturated heterocycles. The third-order valence-corrected chi connectivity index (χ3v) is 3.41. The molecule has 1 N–H and O–H groups in total. The first-order valence-corrected chi connectivity index (χ1v) is 5.98. The van der Waals surface area contributed by atoms with Crippen LogP contribution in [-0.2, 0) is 4.79 Å². The number of halogens is 1. The van der Waals surface area contributed by atoms with Gasteiger partial charge in [-0.25, -0.2) is 9.78 Å². The molecule has 0 aromatic carbocycles. The number of thioether (sulfide) groups is 1. The van der Waals surface area contributed by atoms with Crippen molar-refractivity contribution in [3.63, 3.8) is 0 Å². The Kier molecular flexibility index (Phi) is 3.28. The third-order valence-electron chi connectivity index (χ3n) is 2.40. The fourth-order valence-electron chi connectivity index (χ4n) is 1.55. The topological polar surface area (TPSA) is 70.5 Å². The van der Waals surface area contributed by atoms with Crippen LogP contribution in [0.15, 0.2) is 18.3 Å². The molecule has 90 valence electrons. The van der Waals surface area contributed by atoms with Crippen LogP contribution in [0.2, 0.25) is 0 Å². The van der Waals surface area contributed by atoms with Crippen molar-refractivity contribution in [3.8, 4) is 0 Å². The van der Waals surface area contributed by atoms with Gasteiger partial charge in [-0.3, -0.25) is 4.79 Å². The summed E-state index contributed by atoms with van der Waals surface area (Å²) in [5, 5.41) is 8.94. The molecule has 2 heterocycles. The number of carbonyl (C=O) groups excluding carboxylic acids is 1. The molecular formula is C10H9FN2O3S. The van der Waals surface area contributed by atoms with Gasteiger partial charge in [0.25, 0.3) is 5.91 Å². The molecule has 1 aromatic rings. The Labute approximate surface area is 101 Å². The van der Waals surface area contributed by atoms with Gasteiger partial charge in [0, 0.05) is 23.6 Å². The number of aromatic nitrogens is 1. The van der Waals surface area contributed by atoms with Crippen LogP contribution in [0, 0.1) is 5.95 Å². The van der Waals surface area contributed by atoms with Crippen molar-refractivity contribution >= 4 is 23.6 Å². The van der Waals surface area contributed by atoms with E-state index in [1.807, 2.05) is 0 Å². The molecule has 17 heavy (non-hydrogen) atoms. The van der Waals surface area contributed by atoms with E-state index in [9.17, 15) is 14.0 Å². The lowest BCUT2D eigenvalue weighted by Crippen LogP contribution is -2.41. The second kappa shape index (κ2) is 4.70. The van der Waals surface area contributed by atoms with E-state index in [4.69, 9.17) is 5.11 Å². The van der Waals surface area contributed by atoms with Crippen LogP contribution in [0.1, 0.15) is 10.4 Å². The van der Waals surface area contributed by atoms with Crippen molar-refractivity contribution in [1.82, 2.24) is 9.88 Å². The minimum Gasteiger partial charge on any atom is -0.480 e. The molecule has 0 spiro atoms. The van der Waals surface area contributed by atoms with Gasteiger partial charge >= 0.3 is 5.97 Å². The number of aliphatic carboxylic acids is 1. The van der Waals surface area contributed by atoms with Gasteiger partial charge in [0.2, 0.25) is 5.95 Å². The smallest absolute Gasteiger partial charge is 0.327 e. The molecule has 0 radical (unpaired) electrons. The highest BCUT2D eigenvalue weighted by atomic mass is 32.2. The van der Waals surface area contributed by atoms with Crippen molar-refractivity contribution < 1.29 is 19.1 Å². The van der Waals surface area contributed by atoms with Gasteiger partial charge < -0.3 is 10.0 Å². The number of carbonyl (C=O) groups is 2. The molecule has 1 atom stereocenters. The fraction of sp³-hybridized carbons (Fsp3) is 0.300. The average molecular weight is 256 g/mol. The summed E-state index contributed by atoms with van der Waals surface area (Å²) in [5.74, 6) is -1.62. The Morgan fingerprint density at radius 1 is 1.59 bits per heavy atom. The molecular weight excluding hydrogens is 247 g/mol. The van der Waals surface area contributed by atoms with Crippen molar-refractivity contribution in [3.05, 3.63) is 29.8 Å². The zero-order valence-electron chi connectivity index (χ0n) is 8.67. The van der Waals surface area contributed by atoms with Crippen LogP contribution < -0.4 is 0 Å². The molecule has 7 heteroatoms. The number of amides is 1. The van der Waals surface area contributed by atoms with Gasteiger partial charge in [-0.05, 0) is 6.07 Å². The molecule has 2 rings (SSSR count). The third kappa shape index (κ3) is 2.38. The highest BCUT2D eigenvalue weighted by molar-refractivity contribution is 7.99. The fourth-order valence-corrected chi connectivity index (χ4v) is 2.69. The number of hydrogen-bond acceptors (Lipinski definition) is 4. The van der Waals surface area contributed by atoms with Crippen LogP contribution >= 0.6 is 11.8 Å². The normalized spacial score (nSPS) is 19.4. The van der Waals surface area contributed by atoms with Gasteiger partial charge in [-0.1, -0.05) is 0 Å². The molecule has 1 amide bonds. The van der Waals surface area contributed by atoms with Crippen molar-refractivity contribution in [2.24, 2.45) is 0 Å². The Balaban J connectivity index is 2.23. The Bertz CT molecular complexity index is 469. The lowest BCUT2D eigenvalue weighted by atomic mass is 10.2. The Morgan fingerprint density at radius 2 is 2.35 bits per heavy atom. The Morgan fingerprint density at radius 3 is 3.00 bits per heavy atom. The average Bonchev–Trinajstić information content (AvgIpc) is 2.77. The standard InChI is InChI=1S/C10H9FN2O3S/c11-8-3-6(1-2-12-8)9(14)13-5-17-4-7(13)10(15)16/h1-3,7H,4-5H2,(H,15,16). The van der Waals surface area contributed by atoms with E-state index >= 15 is 0 Å². The van der Waals surface area contributed by atoms with Crippen LogP contribution in [0.4, 0.5) is 4.39 Å². The summed E-state index contributed by atoms with van der Waals surface area (Å²) in [6, 6.07) is 1.53. The molecule has 0 aliphatic carbocycles. The monoisotopic (exact) mass is 256 g/mol. The van der Waals surface area contributed by atoms with E-state index in [1.54, 1.807) is 0 Å². The summed E-state index contributed by atoms with van der Waals surface area (Å²) in [6.45, 7) is 0. The zero-order chi connectivity index (χ0) is 12.4. The van der Waals surface area contributed by atoms with E-state index in [-0.39, 0.29) is 5.56 Å². The number of pyridine rings is 1. The number of nitrogens with zero attached hydrogens (tertiary/aromatic N) is 2. The van der Waals surface area contributed by atoms with Crippen LogP contribution in [-0.4, -0.2) is 44.5 Å². The SMILES string of the molecule is O=C(O)C1CSCN1C(=O)c1ccnc(F)c1. The van der Waals surface area contributed by atoms with E-state index in [0.717, 1.165) is 6.07 Å². The lowest BCUT2D eigenvalue weighted by Gasteiger charge is -2.20. The van der Waals surface area contributed by atoms with Gasteiger partial charge in [-0.2, -0.15) is 4.39 Å². The highest BCUT2D eigenvalue weighted by Gasteiger charge is 2.35. The van der Waals surface area contributed by atoms with Crippen LogP contribution in [0.3, 0.4) is 0 Å². The maximum absolute atomic E-state index is 12.9. The second-order valence-corrected chi connectivity index (χ2v) is 4.50. The highest BCUT2D eigenvalue weighted by Crippen LogP contribution is 2.23. The van der Waals surface area contributed by atoms with Gasteiger partial charge in [0.1, 0.15) is 6.04 Å². The number of carboxylic acid groups (broad SMARTS) is 1. The Hall–Kier alpha value is -1.63. The summed E-state index contributed by atoms with van der Waals surface area (Å²) in [7, 11) is 0. The van der Waals surface area contributed by atoms with E-state index in [0.29, 0.717) is 11.6 Å². The molecule has 1 aliphatic rings. The number of rotatable bonds is 2. The molecule has 5 nitrogen and oxygen atoms in total.